The Labute approximate surface area is 177 Å². The van der Waals surface area contributed by atoms with E-state index in [1.54, 1.807) is 22.3 Å². The molecule has 4 saturated carbocycles. The first kappa shape index (κ1) is 16.3. The molecule has 29 heavy (non-hydrogen) atoms. The molecule has 0 aromatic carbocycles. The minimum atomic E-state index is -0.285. The first-order valence-corrected chi connectivity index (χ1v) is 12.3. The Balaban J connectivity index is 1.53. The maximum Gasteiger partial charge on any atom is 0.0988 e. The van der Waals surface area contributed by atoms with E-state index in [4.69, 9.17) is 25.8 Å². The second kappa shape index (κ2) is 4.17. The average Bonchev–Trinajstić information content (AvgIpc) is 3.38. The minimum absolute atomic E-state index is 0.219. The third kappa shape index (κ3) is 1.13. The zero-order valence-corrected chi connectivity index (χ0v) is 18.2. The van der Waals surface area contributed by atoms with Crippen LogP contribution >= 0.6 is 11.6 Å². The quantitative estimate of drug-likeness (QED) is 0.515. The summed E-state index contributed by atoms with van der Waals surface area (Å²) in [6, 6.07) is 0. The summed E-state index contributed by atoms with van der Waals surface area (Å²) in [4.78, 5) is -0.285. The molecular formula is C25H29ClO3. The molecule has 0 amide bonds. The van der Waals surface area contributed by atoms with E-state index in [9.17, 15) is 0 Å². The number of rotatable bonds is 3. The van der Waals surface area contributed by atoms with Gasteiger partial charge in [0, 0.05) is 46.0 Å². The van der Waals surface area contributed by atoms with Gasteiger partial charge in [0.05, 0.1) is 21.7 Å². The van der Waals surface area contributed by atoms with Crippen molar-refractivity contribution in [3.05, 3.63) is 22.3 Å². The Hall–Kier alpha value is -0.350. The summed E-state index contributed by atoms with van der Waals surface area (Å²) in [6.45, 7) is 0. The molecule has 154 valence electrons. The predicted octanol–water partition coefficient (Wildman–Crippen LogP) is 4.11. The summed E-state index contributed by atoms with van der Waals surface area (Å²) < 4.78 is 20.0. The van der Waals surface area contributed by atoms with Gasteiger partial charge in [0.15, 0.2) is 0 Å². The van der Waals surface area contributed by atoms with Crippen molar-refractivity contribution in [3.63, 3.8) is 0 Å². The lowest BCUT2D eigenvalue weighted by Crippen LogP contribution is -2.61. The Kier molecular flexibility index (Phi) is 2.34. The first-order chi connectivity index (χ1) is 14.0. The van der Waals surface area contributed by atoms with E-state index in [-0.39, 0.29) is 21.7 Å². The molecule has 10 aliphatic rings. The maximum atomic E-state index is 7.87. The van der Waals surface area contributed by atoms with Gasteiger partial charge in [-0.25, -0.2) is 0 Å². The monoisotopic (exact) mass is 412 g/mol. The molecule has 3 nitrogen and oxygen atoms in total. The lowest BCUT2D eigenvalue weighted by molar-refractivity contribution is -0.0899. The van der Waals surface area contributed by atoms with Crippen LogP contribution in [0.2, 0.25) is 0 Å². The van der Waals surface area contributed by atoms with Crippen molar-refractivity contribution < 1.29 is 14.2 Å². The van der Waals surface area contributed by atoms with Crippen molar-refractivity contribution in [1.82, 2.24) is 0 Å². The van der Waals surface area contributed by atoms with E-state index in [1.807, 2.05) is 21.3 Å². The average molecular weight is 413 g/mol. The van der Waals surface area contributed by atoms with Crippen molar-refractivity contribution in [3.8, 4) is 0 Å². The molecule has 4 fully saturated rings. The molecule has 12 unspecified atom stereocenters. The number of hydrogen-bond acceptors (Lipinski definition) is 3. The lowest BCUT2D eigenvalue weighted by atomic mass is 9.40. The molecule has 4 heteroatoms. The van der Waals surface area contributed by atoms with Gasteiger partial charge in [-0.3, -0.25) is 0 Å². The Morgan fingerprint density at radius 3 is 1.55 bits per heavy atom. The van der Waals surface area contributed by atoms with E-state index in [1.165, 1.54) is 25.7 Å². The summed E-state index contributed by atoms with van der Waals surface area (Å²) in [5.74, 6) is 5.04. The molecule has 12 atom stereocenters. The topological polar surface area (TPSA) is 27.7 Å². The van der Waals surface area contributed by atoms with Crippen LogP contribution in [0.5, 0.6) is 0 Å². The molecule has 0 heterocycles. The van der Waals surface area contributed by atoms with Gasteiger partial charge >= 0.3 is 0 Å². The minimum Gasteiger partial charge on any atom is -0.373 e. The fraction of sp³-hybridized carbons (Fsp3) is 0.840. The number of halogens is 1. The van der Waals surface area contributed by atoms with Gasteiger partial charge in [-0.15, -0.1) is 11.6 Å². The molecule has 0 aromatic rings. The Bertz CT molecular complexity index is 998. The number of ether oxygens (including phenoxy) is 3. The predicted molar refractivity (Wildman–Crippen MR) is 107 cm³/mol. The number of methoxy groups -OCH3 is 3. The molecule has 0 radical (unpaired) electrons. The number of alkyl halides is 1. The van der Waals surface area contributed by atoms with Crippen LogP contribution in [0.3, 0.4) is 0 Å². The van der Waals surface area contributed by atoms with Gasteiger partial charge in [-0.2, -0.15) is 0 Å². The lowest BCUT2D eigenvalue weighted by Gasteiger charge is -2.66. The van der Waals surface area contributed by atoms with Crippen molar-refractivity contribution in [2.75, 3.05) is 21.3 Å². The van der Waals surface area contributed by atoms with Crippen molar-refractivity contribution in [1.29, 1.82) is 0 Å². The van der Waals surface area contributed by atoms with E-state index >= 15 is 0 Å². The van der Waals surface area contributed by atoms with E-state index in [0.717, 1.165) is 24.7 Å². The second-order valence-corrected chi connectivity index (χ2v) is 12.5. The number of hydrogen-bond donors (Lipinski definition) is 0. The van der Waals surface area contributed by atoms with Gasteiger partial charge < -0.3 is 14.2 Å². The summed E-state index contributed by atoms with van der Waals surface area (Å²) in [5.41, 5.74) is 6.06. The molecule has 0 spiro atoms. The van der Waals surface area contributed by atoms with Crippen molar-refractivity contribution in [2.45, 2.75) is 60.2 Å². The highest BCUT2D eigenvalue weighted by atomic mass is 35.5. The molecule has 0 N–H and O–H groups in total. The largest absolute Gasteiger partial charge is 0.373 e. The molecule has 0 saturated heterocycles. The third-order valence-corrected chi connectivity index (χ3v) is 12.8. The molecule has 0 aromatic heterocycles. The van der Waals surface area contributed by atoms with E-state index < -0.39 is 0 Å². The molecule has 10 aliphatic carbocycles. The second-order valence-electron chi connectivity index (χ2n) is 11.8. The highest BCUT2D eigenvalue weighted by molar-refractivity contribution is 6.27. The highest BCUT2D eigenvalue weighted by Gasteiger charge is 2.91. The molecular weight excluding hydrogens is 384 g/mol. The smallest absolute Gasteiger partial charge is 0.0988 e. The SMILES string of the molecule is COC12CC3(OC)C4=C5C6CCC4C4C7CCC(C(=C71)C1(Cl)CC5(OC)C3C12)C64. The standard InChI is InChI=1S/C25H29ClO3/c1-27-23-8-22(26)16-10-4-5-11-15-13-7-6-12(14(10)15)18(23)19(13)25(29-3)9-24(28-2,17(11)16)20(22)21(23)25/h10-15,20-21H,4-9H2,1-3H3. The van der Waals surface area contributed by atoms with Gasteiger partial charge in [0.2, 0.25) is 0 Å². The van der Waals surface area contributed by atoms with Crippen LogP contribution < -0.4 is 0 Å². The van der Waals surface area contributed by atoms with Crippen molar-refractivity contribution >= 4 is 11.6 Å². The molecule has 0 aliphatic heterocycles. The Morgan fingerprint density at radius 1 is 0.621 bits per heavy atom. The first-order valence-electron chi connectivity index (χ1n) is 11.9. The zero-order valence-electron chi connectivity index (χ0n) is 17.5. The summed E-state index contributed by atoms with van der Waals surface area (Å²) in [7, 11) is 5.89. The summed E-state index contributed by atoms with van der Waals surface area (Å²) in [5, 5.41) is 0. The summed E-state index contributed by atoms with van der Waals surface area (Å²) in [6.07, 6.45) is 7.38. The van der Waals surface area contributed by atoms with Crippen LogP contribution in [0.15, 0.2) is 22.3 Å². The number of fused-ring (bicyclic) bond motifs is 2. The van der Waals surface area contributed by atoms with E-state index in [2.05, 4.69) is 0 Å². The van der Waals surface area contributed by atoms with Crippen molar-refractivity contribution in [2.24, 2.45) is 47.3 Å². The van der Waals surface area contributed by atoms with Crippen LogP contribution in [0.1, 0.15) is 38.5 Å². The Morgan fingerprint density at radius 2 is 1.03 bits per heavy atom. The fourth-order valence-corrected chi connectivity index (χ4v) is 13.2. The van der Waals surface area contributed by atoms with E-state index in [0.29, 0.717) is 35.5 Å². The zero-order chi connectivity index (χ0) is 19.3. The normalized spacial score (nSPS) is 67.9. The number of allylic oxidation sites excluding steroid dienone is 1. The summed E-state index contributed by atoms with van der Waals surface area (Å²) >= 11 is 7.87. The van der Waals surface area contributed by atoms with Gasteiger partial charge in [0.1, 0.15) is 0 Å². The van der Waals surface area contributed by atoms with Crippen LogP contribution in [0.4, 0.5) is 0 Å². The third-order valence-electron chi connectivity index (χ3n) is 12.2. The molecule has 4 bridgehead atoms. The van der Waals surface area contributed by atoms with Crippen LogP contribution in [0, 0.1) is 47.3 Å². The van der Waals surface area contributed by atoms with Gasteiger partial charge in [0.25, 0.3) is 0 Å². The van der Waals surface area contributed by atoms with Gasteiger partial charge in [-0.1, -0.05) is 0 Å². The van der Waals surface area contributed by atoms with Crippen LogP contribution in [-0.4, -0.2) is 43.0 Å². The fourth-order valence-electron chi connectivity index (χ4n) is 12.4. The van der Waals surface area contributed by atoms with Crippen LogP contribution in [0.25, 0.3) is 0 Å². The maximum absolute atomic E-state index is 7.87. The van der Waals surface area contributed by atoms with Gasteiger partial charge in [-0.05, 0) is 83.5 Å². The highest BCUT2D eigenvalue weighted by Crippen LogP contribution is 2.88. The van der Waals surface area contributed by atoms with Crippen LogP contribution in [-0.2, 0) is 14.2 Å². The molecule has 10 rings (SSSR count).